The monoisotopic (exact) mass is 331 g/mol. The molecule has 1 aromatic carbocycles. The second-order valence-electron chi connectivity index (χ2n) is 4.57. The molecule has 18 heavy (non-hydrogen) atoms. The molecule has 0 aliphatic heterocycles. The fourth-order valence-corrected chi connectivity index (χ4v) is 2.92. The average Bonchev–Trinajstić information content (AvgIpc) is 2.33. The van der Waals surface area contributed by atoms with Crippen LogP contribution >= 0.6 is 27.5 Å². The van der Waals surface area contributed by atoms with E-state index in [2.05, 4.69) is 21.2 Å². The lowest BCUT2D eigenvalue weighted by Gasteiger charge is -2.41. The zero-order valence-electron chi connectivity index (χ0n) is 10.1. The molecule has 3 nitrogen and oxygen atoms in total. The number of amides is 1. The largest absolute Gasteiger partial charge is 0.496 e. The Morgan fingerprint density at radius 1 is 1.56 bits per heavy atom. The summed E-state index contributed by atoms with van der Waals surface area (Å²) in [4.78, 5) is 12.2. The quantitative estimate of drug-likeness (QED) is 0.858. The van der Waals surface area contributed by atoms with Crippen molar-refractivity contribution in [2.75, 3.05) is 12.4 Å². The minimum absolute atomic E-state index is 0.0955. The number of carbonyl (C=O) groups is 1. The van der Waals surface area contributed by atoms with Gasteiger partial charge in [0.05, 0.1) is 18.2 Å². The van der Waals surface area contributed by atoms with Gasteiger partial charge in [0.25, 0.3) is 5.91 Å². The standard InChI is InChI=1S/C13H15BrClNO2/c1-18-11-7-9(15)3-4-10(11)12(17)16-13(8-14)5-2-6-13/h3-4,7H,2,5-6,8H2,1H3,(H,16,17). The van der Waals surface area contributed by atoms with Gasteiger partial charge in [-0.1, -0.05) is 27.5 Å². The molecule has 1 aliphatic rings. The highest BCUT2D eigenvalue weighted by Crippen LogP contribution is 2.34. The van der Waals surface area contributed by atoms with Gasteiger partial charge >= 0.3 is 0 Å². The van der Waals surface area contributed by atoms with E-state index in [1.807, 2.05) is 0 Å². The maximum atomic E-state index is 12.2. The highest BCUT2D eigenvalue weighted by atomic mass is 79.9. The minimum Gasteiger partial charge on any atom is -0.496 e. The molecule has 0 aromatic heterocycles. The molecule has 1 fully saturated rings. The van der Waals surface area contributed by atoms with Crippen molar-refractivity contribution in [3.8, 4) is 5.75 Å². The molecular formula is C13H15BrClNO2. The van der Waals surface area contributed by atoms with Gasteiger partial charge < -0.3 is 10.1 Å². The third-order valence-electron chi connectivity index (χ3n) is 3.35. The van der Waals surface area contributed by atoms with Gasteiger partial charge in [-0.25, -0.2) is 0 Å². The lowest BCUT2D eigenvalue weighted by molar-refractivity contribution is 0.0853. The summed E-state index contributed by atoms with van der Waals surface area (Å²) in [7, 11) is 1.53. The van der Waals surface area contributed by atoms with Crippen molar-refractivity contribution in [1.82, 2.24) is 5.32 Å². The number of ether oxygens (including phenoxy) is 1. The zero-order chi connectivity index (χ0) is 13.2. The molecule has 1 aliphatic carbocycles. The number of alkyl halides is 1. The van der Waals surface area contributed by atoms with Gasteiger partial charge in [0.15, 0.2) is 0 Å². The Morgan fingerprint density at radius 3 is 2.78 bits per heavy atom. The summed E-state index contributed by atoms with van der Waals surface area (Å²) in [6, 6.07) is 5.04. The van der Waals surface area contributed by atoms with E-state index >= 15 is 0 Å². The van der Waals surface area contributed by atoms with Crippen molar-refractivity contribution in [3.63, 3.8) is 0 Å². The first kappa shape index (κ1) is 13.7. The van der Waals surface area contributed by atoms with Crippen LogP contribution in [0, 0.1) is 0 Å². The van der Waals surface area contributed by atoms with Gasteiger partial charge in [0.1, 0.15) is 5.75 Å². The number of halogens is 2. The molecule has 1 aromatic rings. The predicted molar refractivity (Wildman–Crippen MR) is 75.8 cm³/mol. The fraction of sp³-hybridized carbons (Fsp3) is 0.462. The van der Waals surface area contributed by atoms with Gasteiger partial charge in [-0.05, 0) is 37.5 Å². The van der Waals surface area contributed by atoms with Crippen LogP contribution < -0.4 is 10.1 Å². The lowest BCUT2D eigenvalue weighted by Crippen LogP contribution is -2.54. The van der Waals surface area contributed by atoms with Gasteiger partial charge in [-0.2, -0.15) is 0 Å². The Balaban J connectivity index is 2.18. The Kier molecular flexibility index (Phi) is 4.17. The fourth-order valence-electron chi connectivity index (χ4n) is 2.06. The number of benzene rings is 1. The normalized spacial score (nSPS) is 16.8. The summed E-state index contributed by atoms with van der Waals surface area (Å²) in [5.74, 6) is 0.395. The van der Waals surface area contributed by atoms with Crippen LogP contribution in [0.25, 0.3) is 0 Å². The van der Waals surface area contributed by atoms with E-state index in [9.17, 15) is 4.79 Å². The summed E-state index contributed by atoms with van der Waals surface area (Å²) in [6.07, 6.45) is 3.18. The number of hydrogen-bond acceptors (Lipinski definition) is 2. The number of carbonyl (C=O) groups excluding carboxylic acids is 1. The Hall–Kier alpha value is -0.740. The van der Waals surface area contributed by atoms with Crippen LogP contribution in [0.15, 0.2) is 18.2 Å². The van der Waals surface area contributed by atoms with Gasteiger partial charge in [-0.3, -0.25) is 4.79 Å². The highest BCUT2D eigenvalue weighted by Gasteiger charge is 2.37. The van der Waals surface area contributed by atoms with E-state index in [4.69, 9.17) is 16.3 Å². The first-order valence-electron chi connectivity index (χ1n) is 5.82. The lowest BCUT2D eigenvalue weighted by atomic mass is 9.78. The molecular weight excluding hydrogens is 318 g/mol. The Morgan fingerprint density at radius 2 is 2.28 bits per heavy atom. The van der Waals surface area contributed by atoms with Crippen molar-refractivity contribution < 1.29 is 9.53 Å². The van der Waals surface area contributed by atoms with Crippen molar-refractivity contribution in [2.24, 2.45) is 0 Å². The Bertz CT molecular complexity index is 455. The van der Waals surface area contributed by atoms with E-state index in [1.54, 1.807) is 18.2 Å². The zero-order valence-corrected chi connectivity index (χ0v) is 12.5. The van der Waals surface area contributed by atoms with Gasteiger partial charge in [0, 0.05) is 10.4 Å². The van der Waals surface area contributed by atoms with Crippen molar-refractivity contribution >= 4 is 33.4 Å². The summed E-state index contributed by atoms with van der Waals surface area (Å²) >= 11 is 9.34. The third-order valence-corrected chi connectivity index (χ3v) is 4.66. The first-order chi connectivity index (χ1) is 8.60. The van der Waals surface area contributed by atoms with Crippen LogP contribution in [-0.4, -0.2) is 23.9 Å². The number of methoxy groups -OCH3 is 1. The topological polar surface area (TPSA) is 38.3 Å². The summed E-state index contributed by atoms with van der Waals surface area (Å²) < 4.78 is 5.19. The van der Waals surface area contributed by atoms with Crippen molar-refractivity contribution in [1.29, 1.82) is 0 Å². The molecule has 1 saturated carbocycles. The second-order valence-corrected chi connectivity index (χ2v) is 5.56. The van der Waals surface area contributed by atoms with Gasteiger partial charge in [0.2, 0.25) is 0 Å². The SMILES string of the molecule is COc1cc(Cl)ccc1C(=O)NC1(CBr)CCC1. The highest BCUT2D eigenvalue weighted by molar-refractivity contribution is 9.09. The van der Waals surface area contributed by atoms with E-state index < -0.39 is 0 Å². The summed E-state index contributed by atoms with van der Waals surface area (Å²) in [6.45, 7) is 0. The molecule has 0 atom stereocenters. The summed E-state index contributed by atoms with van der Waals surface area (Å²) in [5, 5.41) is 4.42. The molecule has 98 valence electrons. The second kappa shape index (κ2) is 5.49. The number of hydrogen-bond donors (Lipinski definition) is 1. The molecule has 5 heteroatoms. The van der Waals surface area contributed by atoms with E-state index in [0.29, 0.717) is 16.3 Å². The van der Waals surface area contributed by atoms with Crippen LogP contribution in [-0.2, 0) is 0 Å². The maximum absolute atomic E-state index is 12.2. The Labute approximate surface area is 120 Å². The maximum Gasteiger partial charge on any atom is 0.255 e. The van der Waals surface area contributed by atoms with Crippen LogP contribution in [0.2, 0.25) is 5.02 Å². The predicted octanol–water partition coefficient (Wildman–Crippen LogP) is 3.40. The molecule has 0 radical (unpaired) electrons. The van der Waals surface area contributed by atoms with Gasteiger partial charge in [-0.15, -0.1) is 0 Å². The van der Waals surface area contributed by atoms with Crippen molar-refractivity contribution in [3.05, 3.63) is 28.8 Å². The molecule has 0 spiro atoms. The van der Waals surface area contributed by atoms with Crippen LogP contribution in [0.3, 0.4) is 0 Å². The van der Waals surface area contributed by atoms with E-state index in [-0.39, 0.29) is 11.4 Å². The third kappa shape index (κ3) is 2.64. The minimum atomic E-state index is -0.109. The molecule has 1 N–H and O–H groups in total. The molecule has 0 saturated heterocycles. The van der Waals surface area contributed by atoms with E-state index in [0.717, 1.165) is 24.6 Å². The van der Waals surface area contributed by atoms with Crippen LogP contribution in [0.4, 0.5) is 0 Å². The molecule has 0 heterocycles. The van der Waals surface area contributed by atoms with Crippen molar-refractivity contribution in [2.45, 2.75) is 24.8 Å². The first-order valence-corrected chi connectivity index (χ1v) is 7.32. The number of rotatable bonds is 4. The summed E-state index contributed by atoms with van der Waals surface area (Å²) in [5.41, 5.74) is 0.427. The van der Waals surface area contributed by atoms with Crippen LogP contribution in [0.5, 0.6) is 5.75 Å². The smallest absolute Gasteiger partial charge is 0.255 e. The average molecular weight is 333 g/mol. The van der Waals surface area contributed by atoms with Crippen LogP contribution in [0.1, 0.15) is 29.6 Å². The van der Waals surface area contributed by atoms with E-state index in [1.165, 1.54) is 7.11 Å². The molecule has 0 unspecified atom stereocenters. The molecule has 0 bridgehead atoms. The number of nitrogens with one attached hydrogen (secondary N) is 1. The molecule has 1 amide bonds. The molecule has 2 rings (SSSR count).